The third kappa shape index (κ3) is 5.57. The van der Waals surface area contributed by atoms with Gasteiger partial charge in [0, 0.05) is 31.7 Å². The lowest BCUT2D eigenvalue weighted by atomic mass is 10.1. The molecular formula is C22H25N3O4. The molecule has 0 unspecified atom stereocenters. The lowest BCUT2D eigenvalue weighted by molar-refractivity contribution is -0.133. The first-order chi connectivity index (χ1) is 14.1. The Hall–Kier alpha value is -3.35. The fourth-order valence-electron chi connectivity index (χ4n) is 3.20. The van der Waals surface area contributed by atoms with Gasteiger partial charge in [-0.15, -0.1) is 0 Å². The Balaban J connectivity index is 1.43. The predicted octanol–water partition coefficient (Wildman–Crippen LogP) is 1.34. The van der Waals surface area contributed by atoms with Crippen molar-refractivity contribution >= 4 is 17.7 Å². The van der Waals surface area contributed by atoms with Crippen LogP contribution >= 0.6 is 0 Å². The lowest BCUT2D eigenvalue weighted by Gasteiger charge is -2.34. The average molecular weight is 395 g/mol. The molecule has 2 aromatic carbocycles. The normalized spacial score (nSPS) is 13.7. The van der Waals surface area contributed by atoms with Crippen LogP contribution in [0, 0.1) is 0 Å². The number of piperazine rings is 1. The first kappa shape index (κ1) is 20.4. The van der Waals surface area contributed by atoms with Gasteiger partial charge in [0.15, 0.2) is 0 Å². The number of benzene rings is 2. The molecule has 7 heteroatoms. The summed E-state index contributed by atoms with van der Waals surface area (Å²) in [6.45, 7) is 1.81. The van der Waals surface area contributed by atoms with Crippen LogP contribution in [0.25, 0.3) is 0 Å². The summed E-state index contributed by atoms with van der Waals surface area (Å²) in [4.78, 5) is 40.4. The van der Waals surface area contributed by atoms with E-state index in [-0.39, 0.29) is 30.7 Å². The summed E-state index contributed by atoms with van der Waals surface area (Å²) >= 11 is 0. The summed E-state index contributed by atoms with van der Waals surface area (Å²) in [5.41, 5.74) is 1.50. The molecule has 0 saturated carbocycles. The molecule has 1 heterocycles. The summed E-state index contributed by atoms with van der Waals surface area (Å²) in [5, 5.41) is 2.68. The molecule has 3 rings (SSSR count). The number of ether oxygens (including phenoxy) is 1. The van der Waals surface area contributed by atoms with Crippen LogP contribution in [-0.4, -0.2) is 67.4 Å². The topological polar surface area (TPSA) is 79.0 Å². The Labute approximate surface area is 170 Å². The molecule has 2 aromatic rings. The number of rotatable bonds is 6. The number of nitrogens with zero attached hydrogens (tertiary/aromatic N) is 2. The van der Waals surface area contributed by atoms with Crippen LogP contribution in [0.5, 0.6) is 5.75 Å². The molecule has 152 valence electrons. The van der Waals surface area contributed by atoms with Gasteiger partial charge in [0.2, 0.25) is 11.8 Å². The number of amides is 3. The van der Waals surface area contributed by atoms with Crippen molar-refractivity contribution in [2.24, 2.45) is 0 Å². The van der Waals surface area contributed by atoms with Gasteiger partial charge in [-0.25, -0.2) is 0 Å². The van der Waals surface area contributed by atoms with Gasteiger partial charge in [0.1, 0.15) is 5.75 Å². The van der Waals surface area contributed by atoms with Gasteiger partial charge in [-0.3, -0.25) is 14.4 Å². The first-order valence-corrected chi connectivity index (χ1v) is 9.58. The van der Waals surface area contributed by atoms with Crippen LogP contribution in [0.1, 0.15) is 15.9 Å². The molecule has 0 aliphatic carbocycles. The van der Waals surface area contributed by atoms with Crippen molar-refractivity contribution in [3.05, 3.63) is 65.7 Å². The number of carbonyl (C=O) groups excluding carboxylic acids is 3. The maximum atomic E-state index is 12.6. The fraction of sp³-hybridized carbons (Fsp3) is 0.318. The van der Waals surface area contributed by atoms with Gasteiger partial charge in [0.05, 0.1) is 20.1 Å². The monoisotopic (exact) mass is 395 g/mol. The molecule has 3 amide bonds. The number of methoxy groups -OCH3 is 1. The van der Waals surface area contributed by atoms with Crippen molar-refractivity contribution in [2.45, 2.75) is 6.42 Å². The van der Waals surface area contributed by atoms with Crippen LogP contribution in [0.4, 0.5) is 0 Å². The number of hydrogen-bond donors (Lipinski definition) is 1. The zero-order valence-corrected chi connectivity index (χ0v) is 16.5. The van der Waals surface area contributed by atoms with Gasteiger partial charge < -0.3 is 19.9 Å². The van der Waals surface area contributed by atoms with Crippen LogP contribution < -0.4 is 10.1 Å². The van der Waals surface area contributed by atoms with E-state index in [0.717, 1.165) is 5.56 Å². The Morgan fingerprint density at radius 3 is 2.14 bits per heavy atom. The van der Waals surface area contributed by atoms with Gasteiger partial charge in [0.25, 0.3) is 5.91 Å². The summed E-state index contributed by atoms with van der Waals surface area (Å²) < 4.78 is 5.11. The largest absolute Gasteiger partial charge is 0.497 e. The van der Waals surface area contributed by atoms with Crippen LogP contribution in [0.15, 0.2) is 54.6 Å². The molecule has 29 heavy (non-hydrogen) atoms. The van der Waals surface area contributed by atoms with Crippen LogP contribution in [0.2, 0.25) is 0 Å². The van der Waals surface area contributed by atoms with Gasteiger partial charge in [-0.2, -0.15) is 0 Å². The van der Waals surface area contributed by atoms with Crippen molar-refractivity contribution in [1.29, 1.82) is 0 Å². The van der Waals surface area contributed by atoms with Crippen molar-refractivity contribution in [2.75, 3.05) is 39.8 Å². The molecule has 7 nitrogen and oxygen atoms in total. The van der Waals surface area contributed by atoms with Crippen molar-refractivity contribution < 1.29 is 19.1 Å². The SMILES string of the molecule is COc1ccc(C(=O)N2CCN(C(=O)CNC(=O)Cc3ccccc3)CC2)cc1. The Morgan fingerprint density at radius 2 is 1.52 bits per heavy atom. The Kier molecular flexibility index (Phi) is 6.84. The standard InChI is InChI=1S/C22H25N3O4/c1-29-19-9-7-18(8-10-19)22(28)25-13-11-24(12-14-25)21(27)16-23-20(26)15-17-5-3-2-4-6-17/h2-10H,11-16H2,1H3,(H,23,26). The third-order valence-corrected chi connectivity index (χ3v) is 4.90. The van der Waals surface area contributed by atoms with E-state index >= 15 is 0 Å². The van der Waals surface area contributed by atoms with E-state index in [1.165, 1.54) is 0 Å². The molecule has 1 fully saturated rings. The highest BCUT2D eigenvalue weighted by atomic mass is 16.5. The molecule has 0 atom stereocenters. The van der Waals surface area contributed by atoms with E-state index in [1.54, 1.807) is 41.2 Å². The summed E-state index contributed by atoms with van der Waals surface area (Å²) in [6, 6.07) is 16.4. The zero-order valence-electron chi connectivity index (χ0n) is 16.5. The van der Waals surface area contributed by atoms with E-state index in [0.29, 0.717) is 37.5 Å². The highest BCUT2D eigenvalue weighted by Gasteiger charge is 2.25. The number of nitrogens with one attached hydrogen (secondary N) is 1. The van der Waals surface area contributed by atoms with Gasteiger partial charge >= 0.3 is 0 Å². The van der Waals surface area contributed by atoms with E-state index in [9.17, 15) is 14.4 Å². The van der Waals surface area contributed by atoms with Crippen LogP contribution in [-0.2, 0) is 16.0 Å². The van der Waals surface area contributed by atoms with Crippen molar-refractivity contribution in [3.63, 3.8) is 0 Å². The smallest absolute Gasteiger partial charge is 0.253 e. The van der Waals surface area contributed by atoms with Crippen molar-refractivity contribution in [1.82, 2.24) is 15.1 Å². The van der Waals surface area contributed by atoms with E-state index in [2.05, 4.69) is 5.32 Å². The van der Waals surface area contributed by atoms with E-state index in [4.69, 9.17) is 4.74 Å². The minimum absolute atomic E-state index is 0.0297. The number of hydrogen-bond acceptors (Lipinski definition) is 4. The second kappa shape index (κ2) is 9.73. The number of carbonyl (C=O) groups is 3. The average Bonchev–Trinajstić information content (AvgIpc) is 2.78. The molecule has 0 spiro atoms. The zero-order chi connectivity index (χ0) is 20.6. The first-order valence-electron chi connectivity index (χ1n) is 9.58. The van der Waals surface area contributed by atoms with Gasteiger partial charge in [-0.1, -0.05) is 30.3 Å². The second-order valence-corrected chi connectivity index (χ2v) is 6.84. The minimum Gasteiger partial charge on any atom is -0.497 e. The van der Waals surface area contributed by atoms with Crippen molar-refractivity contribution in [3.8, 4) is 5.75 Å². The fourth-order valence-corrected chi connectivity index (χ4v) is 3.20. The van der Waals surface area contributed by atoms with E-state index < -0.39 is 0 Å². The van der Waals surface area contributed by atoms with Gasteiger partial charge in [-0.05, 0) is 29.8 Å². The van der Waals surface area contributed by atoms with E-state index in [1.807, 2.05) is 30.3 Å². The lowest BCUT2D eigenvalue weighted by Crippen LogP contribution is -2.52. The summed E-state index contributed by atoms with van der Waals surface area (Å²) in [5.74, 6) is 0.322. The predicted molar refractivity (Wildman–Crippen MR) is 109 cm³/mol. The maximum Gasteiger partial charge on any atom is 0.253 e. The summed E-state index contributed by atoms with van der Waals surface area (Å²) in [6.07, 6.45) is 0.248. The molecular weight excluding hydrogens is 370 g/mol. The highest BCUT2D eigenvalue weighted by molar-refractivity contribution is 5.94. The summed E-state index contributed by atoms with van der Waals surface area (Å²) in [7, 11) is 1.58. The Bertz CT molecular complexity index is 844. The molecule has 1 N–H and O–H groups in total. The quantitative estimate of drug-likeness (QED) is 0.801. The highest BCUT2D eigenvalue weighted by Crippen LogP contribution is 2.14. The molecule has 0 radical (unpaired) electrons. The third-order valence-electron chi connectivity index (χ3n) is 4.90. The molecule has 1 aliphatic rings. The molecule has 1 saturated heterocycles. The minimum atomic E-state index is -0.183. The molecule has 1 aliphatic heterocycles. The Morgan fingerprint density at radius 1 is 0.897 bits per heavy atom. The second-order valence-electron chi connectivity index (χ2n) is 6.84. The van der Waals surface area contributed by atoms with Crippen LogP contribution in [0.3, 0.4) is 0 Å². The maximum absolute atomic E-state index is 12.6. The molecule has 0 bridgehead atoms. The molecule has 0 aromatic heterocycles.